The van der Waals surface area contributed by atoms with E-state index in [9.17, 15) is 4.79 Å². The molecular formula is C18H23N3O2S. The van der Waals surface area contributed by atoms with Crippen molar-refractivity contribution >= 4 is 17.2 Å². The van der Waals surface area contributed by atoms with Crippen molar-refractivity contribution in [1.82, 2.24) is 15.5 Å². The Morgan fingerprint density at radius 3 is 2.79 bits per heavy atom. The second-order valence-electron chi connectivity index (χ2n) is 7.97. The van der Waals surface area contributed by atoms with Crippen molar-refractivity contribution in [2.75, 3.05) is 0 Å². The summed E-state index contributed by atoms with van der Waals surface area (Å²) < 4.78 is 5.85. The van der Waals surface area contributed by atoms with Crippen LogP contribution >= 0.6 is 11.3 Å². The lowest BCUT2D eigenvalue weighted by Gasteiger charge is -2.33. The van der Waals surface area contributed by atoms with E-state index in [0.29, 0.717) is 23.6 Å². The van der Waals surface area contributed by atoms with E-state index in [0.717, 1.165) is 30.1 Å². The molecule has 2 aliphatic rings. The number of fused-ring (bicyclic) bond motifs is 1. The molecule has 1 fully saturated rings. The maximum absolute atomic E-state index is 11.3. The summed E-state index contributed by atoms with van der Waals surface area (Å²) in [6.45, 7) is 6.99. The second kappa shape index (κ2) is 5.69. The van der Waals surface area contributed by atoms with Crippen molar-refractivity contribution < 1.29 is 9.21 Å². The molecule has 128 valence electrons. The van der Waals surface area contributed by atoms with Gasteiger partial charge < -0.3 is 9.73 Å². The smallest absolute Gasteiger partial charge is 0.257 e. The van der Waals surface area contributed by atoms with Crippen LogP contribution in [0.15, 0.2) is 10.5 Å². The first-order valence-electron chi connectivity index (χ1n) is 8.65. The Bertz CT molecular complexity index is 772. The molecule has 1 unspecified atom stereocenters. The summed E-state index contributed by atoms with van der Waals surface area (Å²) >= 11 is 1.77. The number of carbonyl (C=O) groups is 1. The van der Waals surface area contributed by atoms with Crippen LogP contribution in [-0.4, -0.2) is 16.1 Å². The maximum atomic E-state index is 11.3. The van der Waals surface area contributed by atoms with E-state index >= 15 is 0 Å². The fourth-order valence-electron chi connectivity index (χ4n) is 3.64. The second-order valence-corrected chi connectivity index (χ2v) is 9.11. The van der Waals surface area contributed by atoms with Crippen LogP contribution in [0.5, 0.6) is 0 Å². The van der Waals surface area contributed by atoms with Crippen molar-refractivity contribution in [3.05, 3.63) is 22.4 Å². The SMILES string of the molecule is CC(C)(C)C1CCc2sc(-c3nnc([C@H]4CCC(=O)N4)o3)cc2C1. The molecule has 1 N–H and O–H groups in total. The Labute approximate surface area is 145 Å². The number of rotatable bonds is 2. The first kappa shape index (κ1) is 15.8. The molecule has 0 saturated carbocycles. The molecule has 2 aromatic heterocycles. The number of amides is 1. The molecule has 6 heteroatoms. The molecule has 0 aromatic carbocycles. The third kappa shape index (κ3) is 2.88. The molecule has 1 saturated heterocycles. The number of aromatic nitrogens is 2. The monoisotopic (exact) mass is 345 g/mol. The van der Waals surface area contributed by atoms with Gasteiger partial charge in [0.15, 0.2) is 0 Å². The molecule has 3 heterocycles. The van der Waals surface area contributed by atoms with Crippen LogP contribution in [0.3, 0.4) is 0 Å². The van der Waals surface area contributed by atoms with Gasteiger partial charge in [0.2, 0.25) is 11.8 Å². The van der Waals surface area contributed by atoms with Crippen molar-refractivity contribution in [2.24, 2.45) is 11.3 Å². The van der Waals surface area contributed by atoms with Gasteiger partial charge >= 0.3 is 0 Å². The van der Waals surface area contributed by atoms with Gasteiger partial charge in [-0.15, -0.1) is 21.5 Å². The van der Waals surface area contributed by atoms with Gasteiger partial charge in [0, 0.05) is 11.3 Å². The van der Waals surface area contributed by atoms with E-state index in [1.54, 1.807) is 11.3 Å². The summed E-state index contributed by atoms with van der Waals surface area (Å²) in [6, 6.07) is 2.10. The van der Waals surface area contributed by atoms with Crippen LogP contribution in [-0.2, 0) is 17.6 Å². The van der Waals surface area contributed by atoms with Crippen LogP contribution in [0, 0.1) is 11.3 Å². The van der Waals surface area contributed by atoms with Gasteiger partial charge in [-0.05, 0) is 48.6 Å². The Balaban J connectivity index is 1.55. The molecule has 1 aliphatic carbocycles. The maximum Gasteiger partial charge on any atom is 0.257 e. The first-order chi connectivity index (χ1) is 11.4. The van der Waals surface area contributed by atoms with E-state index in [1.165, 1.54) is 16.9 Å². The molecule has 2 atom stereocenters. The number of nitrogens with one attached hydrogen (secondary N) is 1. The Kier molecular flexibility index (Phi) is 3.75. The molecule has 5 nitrogen and oxygen atoms in total. The standard InChI is InChI=1S/C18H23N3O2S/c1-18(2,3)11-4-6-13-10(8-11)9-14(24-13)17-21-20-16(23-17)12-5-7-15(22)19-12/h9,11-12H,4-8H2,1-3H3,(H,19,22)/t11?,12-/m1/s1. The van der Waals surface area contributed by atoms with Gasteiger partial charge in [-0.25, -0.2) is 0 Å². The zero-order valence-electron chi connectivity index (χ0n) is 14.4. The summed E-state index contributed by atoms with van der Waals surface area (Å²) in [7, 11) is 0. The Hall–Kier alpha value is -1.69. The van der Waals surface area contributed by atoms with Crippen molar-refractivity contribution in [3.8, 4) is 10.8 Å². The zero-order chi connectivity index (χ0) is 16.9. The lowest BCUT2D eigenvalue weighted by atomic mass is 9.72. The minimum atomic E-state index is -0.126. The molecule has 24 heavy (non-hydrogen) atoms. The van der Waals surface area contributed by atoms with Gasteiger partial charge in [0.05, 0.1) is 4.88 Å². The average Bonchev–Trinajstić information content (AvgIpc) is 3.23. The largest absolute Gasteiger partial charge is 0.418 e. The highest BCUT2D eigenvalue weighted by molar-refractivity contribution is 7.15. The third-order valence-electron chi connectivity index (χ3n) is 5.25. The van der Waals surface area contributed by atoms with Gasteiger partial charge in [-0.1, -0.05) is 20.8 Å². The molecule has 1 aliphatic heterocycles. The Morgan fingerprint density at radius 1 is 1.25 bits per heavy atom. The molecule has 0 spiro atoms. The van der Waals surface area contributed by atoms with Crippen LogP contribution in [0.1, 0.15) is 62.4 Å². The Morgan fingerprint density at radius 2 is 2.08 bits per heavy atom. The number of hydrogen-bond donors (Lipinski definition) is 1. The summed E-state index contributed by atoms with van der Waals surface area (Å²) in [5.74, 6) is 1.88. The predicted octanol–water partition coefficient (Wildman–Crippen LogP) is 3.90. The fourth-order valence-corrected chi connectivity index (χ4v) is 4.77. The van der Waals surface area contributed by atoms with Gasteiger partial charge in [-0.3, -0.25) is 4.79 Å². The highest BCUT2D eigenvalue weighted by atomic mass is 32.1. The molecule has 0 bridgehead atoms. The summed E-state index contributed by atoms with van der Waals surface area (Å²) in [5, 5.41) is 11.2. The van der Waals surface area contributed by atoms with E-state index in [-0.39, 0.29) is 11.9 Å². The molecule has 0 radical (unpaired) electrons. The number of nitrogens with zero attached hydrogens (tertiary/aromatic N) is 2. The predicted molar refractivity (Wildman–Crippen MR) is 92.7 cm³/mol. The van der Waals surface area contributed by atoms with Gasteiger partial charge in [0.1, 0.15) is 6.04 Å². The van der Waals surface area contributed by atoms with Crippen molar-refractivity contribution in [3.63, 3.8) is 0 Å². The highest BCUT2D eigenvalue weighted by Gasteiger charge is 2.31. The lowest BCUT2D eigenvalue weighted by Crippen LogP contribution is -2.26. The van der Waals surface area contributed by atoms with E-state index in [4.69, 9.17) is 4.42 Å². The average molecular weight is 345 g/mol. The van der Waals surface area contributed by atoms with Crippen LogP contribution in [0.4, 0.5) is 0 Å². The normalized spacial score (nSPS) is 24.0. The summed E-state index contributed by atoms with van der Waals surface area (Å²) in [4.78, 5) is 13.9. The van der Waals surface area contributed by atoms with E-state index < -0.39 is 0 Å². The van der Waals surface area contributed by atoms with E-state index in [1.807, 2.05) is 0 Å². The molecule has 1 amide bonds. The number of aryl methyl sites for hydroxylation is 1. The first-order valence-corrected chi connectivity index (χ1v) is 9.46. The van der Waals surface area contributed by atoms with Crippen molar-refractivity contribution in [2.45, 2.75) is 58.9 Å². The molecular weight excluding hydrogens is 322 g/mol. The van der Waals surface area contributed by atoms with Gasteiger partial charge in [-0.2, -0.15) is 0 Å². The summed E-state index contributed by atoms with van der Waals surface area (Å²) in [6.07, 6.45) is 4.79. The summed E-state index contributed by atoms with van der Waals surface area (Å²) in [5.41, 5.74) is 1.79. The zero-order valence-corrected chi connectivity index (χ0v) is 15.2. The number of hydrogen-bond acceptors (Lipinski definition) is 5. The minimum Gasteiger partial charge on any atom is -0.418 e. The lowest BCUT2D eigenvalue weighted by molar-refractivity contribution is -0.119. The number of carbonyl (C=O) groups excluding carboxylic acids is 1. The quantitative estimate of drug-likeness (QED) is 0.896. The molecule has 2 aromatic rings. The van der Waals surface area contributed by atoms with Crippen LogP contribution < -0.4 is 5.32 Å². The third-order valence-corrected chi connectivity index (χ3v) is 6.48. The number of thiophene rings is 1. The van der Waals surface area contributed by atoms with Crippen LogP contribution in [0.2, 0.25) is 0 Å². The van der Waals surface area contributed by atoms with E-state index in [2.05, 4.69) is 42.4 Å². The van der Waals surface area contributed by atoms with Gasteiger partial charge in [0.25, 0.3) is 5.89 Å². The van der Waals surface area contributed by atoms with Crippen LogP contribution in [0.25, 0.3) is 10.8 Å². The minimum absolute atomic E-state index is 0.0551. The molecule has 4 rings (SSSR count). The highest BCUT2D eigenvalue weighted by Crippen LogP contribution is 2.42. The van der Waals surface area contributed by atoms with Crippen molar-refractivity contribution in [1.29, 1.82) is 0 Å². The topological polar surface area (TPSA) is 68.0 Å². The fraction of sp³-hybridized carbons (Fsp3) is 0.611.